The molecular formula is C37H48ClN9O9. The van der Waals surface area contributed by atoms with E-state index in [1.807, 2.05) is 44.2 Å². The highest BCUT2D eigenvalue weighted by Crippen LogP contribution is 2.27. The van der Waals surface area contributed by atoms with Crippen molar-refractivity contribution in [2.75, 3.05) is 12.4 Å². The molecule has 302 valence electrons. The lowest BCUT2D eigenvalue weighted by Crippen LogP contribution is -2.56. The number of hydroxylamine groups is 1. The van der Waals surface area contributed by atoms with Crippen LogP contribution in [0.15, 0.2) is 69.4 Å². The van der Waals surface area contributed by atoms with Gasteiger partial charge in [0.1, 0.15) is 17.7 Å². The number of nitrogens with zero attached hydrogens (tertiary/aromatic N) is 4. The lowest BCUT2D eigenvalue weighted by molar-refractivity contribution is -0.147. The second-order valence-corrected chi connectivity index (χ2v) is 14.7. The molecule has 0 spiro atoms. The minimum absolute atomic E-state index is 0.0278. The monoisotopic (exact) mass is 797 g/mol. The molecule has 4 atom stereocenters. The van der Waals surface area contributed by atoms with Gasteiger partial charge < -0.3 is 31.1 Å². The Morgan fingerprint density at radius 3 is 2.20 bits per heavy atom. The van der Waals surface area contributed by atoms with Crippen LogP contribution in [0.3, 0.4) is 0 Å². The summed E-state index contributed by atoms with van der Waals surface area (Å²) in [5, 5.41) is 36.7. The van der Waals surface area contributed by atoms with Gasteiger partial charge in [-0.2, -0.15) is 0 Å². The number of aromatic nitrogens is 4. The molecule has 5 rings (SSSR count). The van der Waals surface area contributed by atoms with E-state index in [4.69, 9.17) is 16.8 Å². The second-order valence-electron chi connectivity index (χ2n) is 14.3. The number of nitrogens with one attached hydrogen (secondary N) is 5. The van der Waals surface area contributed by atoms with E-state index in [9.17, 15) is 39.0 Å². The van der Waals surface area contributed by atoms with Gasteiger partial charge in [-0.3, -0.25) is 38.3 Å². The summed E-state index contributed by atoms with van der Waals surface area (Å²) in [7, 11) is 4.47. The zero-order valence-electron chi connectivity index (χ0n) is 32.2. The molecule has 0 saturated carbocycles. The van der Waals surface area contributed by atoms with Crippen LogP contribution in [0.25, 0.3) is 11.2 Å². The quantitative estimate of drug-likeness (QED) is 0.0933. The van der Waals surface area contributed by atoms with Gasteiger partial charge in [0.2, 0.25) is 18.0 Å². The Kier molecular flexibility index (Phi) is 15.4. The molecule has 8 N–H and O–H groups in total. The molecule has 3 heterocycles. The highest BCUT2D eigenvalue weighted by Gasteiger charge is 2.38. The van der Waals surface area contributed by atoms with Crippen LogP contribution in [0.5, 0.6) is 0 Å². The molecule has 2 aromatic heterocycles. The standard InChI is InChI=1S/C15H11ClN2O2.C15H29N3O5.C7H8N4O2/c16-10-6-7-12-11(8-10)13(9-4-2-1-3-5-9)18-15(20)14(19)17-12;1-8(2)7-9(10(19)13(21)18-23)12(20)17-11(14(22)16-6)15(3,4)5;1-10-5-4(8-3-9-5)6(12)11(2)7(10)13/h1-8,15,20H,(H,17,19);8-11,19,23H,7H2,1-6H3,(H,16,22)(H,17,20)(H,18,21);3H,1-2H3,(H,8,9)/t;9-,10+,11-;/m.1./s1. The Hall–Kier alpha value is -5.69. The Morgan fingerprint density at radius 1 is 0.982 bits per heavy atom. The van der Waals surface area contributed by atoms with Gasteiger partial charge in [-0.05, 0) is 36.0 Å². The van der Waals surface area contributed by atoms with Gasteiger partial charge in [0, 0.05) is 37.3 Å². The summed E-state index contributed by atoms with van der Waals surface area (Å²) < 4.78 is 2.37. The predicted octanol–water partition coefficient (Wildman–Crippen LogP) is 1.20. The average Bonchev–Trinajstić information content (AvgIpc) is 3.62. The van der Waals surface area contributed by atoms with Crippen LogP contribution < -0.4 is 32.7 Å². The van der Waals surface area contributed by atoms with E-state index in [0.29, 0.717) is 33.1 Å². The van der Waals surface area contributed by atoms with Gasteiger partial charge in [0.25, 0.3) is 17.4 Å². The van der Waals surface area contributed by atoms with Crippen molar-refractivity contribution in [2.45, 2.75) is 59.4 Å². The van der Waals surface area contributed by atoms with Crippen LogP contribution in [0, 0.1) is 17.3 Å². The maximum Gasteiger partial charge on any atom is 0.332 e. The molecule has 4 aromatic rings. The number of benzene rings is 2. The van der Waals surface area contributed by atoms with Crippen molar-refractivity contribution in [3.05, 3.63) is 91.8 Å². The van der Waals surface area contributed by atoms with Crippen molar-refractivity contribution in [1.29, 1.82) is 0 Å². The molecule has 56 heavy (non-hydrogen) atoms. The third-order valence-corrected chi connectivity index (χ3v) is 8.78. The maximum atomic E-state index is 12.5. The maximum absolute atomic E-state index is 12.5. The first-order chi connectivity index (χ1) is 26.2. The van der Waals surface area contributed by atoms with E-state index < -0.39 is 47.4 Å². The molecule has 0 saturated heterocycles. The molecule has 18 nitrogen and oxygen atoms in total. The zero-order chi connectivity index (χ0) is 42.1. The lowest BCUT2D eigenvalue weighted by Gasteiger charge is -2.32. The van der Waals surface area contributed by atoms with Crippen molar-refractivity contribution in [2.24, 2.45) is 36.3 Å². The van der Waals surface area contributed by atoms with Crippen LogP contribution in [0.1, 0.15) is 52.2 Å². The Balaban J connectivity index is 0.000000232. The van der Waals surface area contributed by atoms with Crippen molar-refractivity contribution in [3.8, 4) is 0 Å². The number of hydrogen-bond donors (Lipinski definition) is 8. The van der Waals surface area contributed by atoms with Crippen LogP contribution >= 0.6 is 11.6 Å². The number of halogens is 1. The number of rotatable bonds is 8. The van der Waals surface area contributed by atoms with Gasteiger partial charge in [-0.1, -0.05) is 76.6 Å². The number of carbonyl (C=O) groups is 4. The normalized spacial score (nSPS) is 15.3. The Morgan fingerprint density at radius 2 is 1.62 bits per heavy atom. The first-order valence-electron chi connectivity index (χ1n) is 17.4. The third kappa shape index (κ3) is 11.0. The number of aryl methyl sites for hydroxylation is 1. The first kappa shape index (κ1) is 44.7. The number of fused-ring (bicyclic) bond motifs is 2. The Labute approximate surface area is 327 Å². The number of carbonyl (C=O) groups excluding carboxylic acids is 4. The van der Waals surface area contributed by atoms with Crippen molar-refractivity contribution >= 4 is 57.8 Å². The van der Waals surface area contributed by atoms with E-state index in [1.54, 1.807) is 46.0 Å². The molecule has 0 aliphatic carbocycles. The number of aliphatic imine (C=N–C) groups is 1. The molecule has 2 aromatic carbocycles. The van der Waals surface area contributed by atoms with Crippen LogP contribution in [-0.2, 0) is 33.3 Å². The smallest absolute Gasteiger partial charge is 0.332 e. The fourth-order valence-electron chi connectivity index (χ4n) is 5.57. The summed E-state index contributed by atoms with van der Waals surface area (Å²) in [6.07, 6.45) is -1.51. The molecule has 0 fully saturated rings. The summed E-state index contributed by atoms with van der Waals surface area (Å²) in [6.45, 7) is 9.05. The summed E-state index contributed by atoms with van der Waals surface area (Å²) in [5.41, 5.74) is 3.42. The van der Waals surface area contributed by atoms with Crippen molar-refractivity contribution in [1.82, 2.24) is 35.2 Å². The number of anilines is 1. The highest BCUT2D eigenvalue weighted by molar-refractivity contribution is 6.32. The van der Waals surface area contributed by atoms with Crippen LogP contribution in [0.2, 0.25) is 5.02 Å². The summed E-state index contributed by atoms with van der Waals surface area (Å²) >= 11 is 6.03. The molecule has 1 aliphatic heterocycles. The molecule has 1 unspecified atom stereocenters. The summed E-state index contributed by atoms with van der Waals surface area (Å²) in [4.78, 5) is 81.2. The fourth-order valence-corrected chi connectivity index (χ4v) is 5.74. The number of H-pyrrole nitrogens is 1. The SMILES string of the molecule is CNC(=O)[C@@H](NC(=O)[C@H](CC(C)C)[C@H](O)C(=O)NO)C(C)(C)C.Cn1c(=O)c2[nH]cnc2n(C)c1=O.O=C1Nc2ccc(Cl)cc2C(c2ccccc2)=NC1O. The van der Waals surface area contributed by atoms with Gasteiger partial charge in [-0.15, -0.1) is 0 Å². The number of aliphatic hydroxyl groups excluding tert-OH is 2. The van der Waals surface area contributed by atoms with Gasteiger partial charge in [0.05, 0.1) is 23.6 Å². The second kappa shape index (κ2) is 19.3. The molecule has 0 bridgehead atoms. The number of benzodiazepines with no additional fused rings is 1. The van der Waals surface area contributed by atoms with E-state index in [2.05, 4.69) is 30.9 Å². The number of likely N-dealkylation sites (N-methyl/N-ethyl adjacent to an activating group) is 1. The van der Waals surface area contributed by atoms with Gasteiger partial charge in [0.15, 0.2) is 5.65 Å². The molecule has 4 amide bonds. The minimum atomic E-state index is -1.70. The van der Waals surface area contributed by atoms with Crippen LogP contribution in [-0.4, -0.2) is 89.3 Å². The third-order valence-electron chi connectivity index (χ3n) is 8.54. The lowest BCUT2D eigenvalue weighted by atomic mass is 9.84. The zero-order valence-corrected chi connectivity index (χ0v) is 33.0. The molecular weight excluding hydrogens is 750 g/mol. The average molecular weight is 798 g/mol. The summed E-state index contributed by atoms with van der Waals surface area (Å²) in [5.74, 6) is -3.64. The first-order valence-corrected chi connectivity index (χ1v) is 17.8. The number of imidazole rings is 1. The van der Waals surface area contributed by atoms with E-state index in [0.717, 1.165) is 10.1 Å². The molecule has 1 aliphatic rings. The number of amides is 4. The number of aromatic amines is 1. The number of hydrogen-bond acceptors (Lipinski definition) is 11. The fraction of sp³-hybridized carbons (Fsp3) is 0.405. The highest BCUT2D eigenvalue weighted by atomic mass is 35.5. The topological polar surface area (TPSA) is 262 Å². The van der Waals surface area contributed by atoms with E-state index in [-0.39, 0.29) is 29.5 Å². The van der Waals surface area contributed by atoms with Gasteiger partial charge >= 0.3 is 5.69 Å². The van der Waals surface area contributed by atoms with E-state index >= 15 is 0 Å². The molecule has 0 radical (unpaired) electrons. The van der Waals surface area contributed by atoms with Gasteiger partial charge in [-0.25, -0.2) is 20.3 Å². The van der Waals surface area contributed by atoms with Crippen molar-refractivity contribution in [3.63, 3.8) is 0 Å². The largest absolute Gasteiger partial charge is 0.382 e. The number of aliphatic hydroxyl groups is 2. The van der Waals surface area contributed by atoms with E-state index in [1.165, 1.54) is 30.5 Å². The predicted molar refractivity (Wildman–Crippen MR) is 209 cm³/mol. The molecule has 19 heteroatoms. The minimum Gasteiger partial charge on any atom is -0.382 e. The van der Waals surface area contributed by atoms with Crippen LogP contribution in [0.4, 0.5) is 5.69 Å². The van der Waals surface area contributed by atoms with Crippen molar-refractivity contribution < 1.29 is 34.6 Å². The summed E-state index contributed by atoms with van der Waals surface area (Å²) in [6, 6.07) is 13.6. The Bertz CT molecular complexity index is 2190.